The van der Waals surface area contributed by atoms with E-state index in [1.54, 1.807) is 0 Å². The quantitative estimate of drug-likeness (QED) is 0.900. The summed E-state index contributed by atoms with van der Waals surface area (Å²) in [6.07, 6.45) is 0. The molecule has 0 spiro atoms. The summed E-state index contributed by atoms with van der Waals surface area (Å²) in [5, 5.41) is 3.09. The fourth-order valence-corrected chi connectivity index (χ4v) is 3.49. The summed E-state index contributed by atoms with van der Waals surface area (Å²) in [4.78, 5) is 17.3. The fraction of sp³-hybridized carbons (Fsp3) is 0.381. The highest BCUT2D eigenvalue weighted by Crippen LogP contribution is 2.32. The summed E-state index contributed by atoms with van der Waals surface area (Å²) in [7, 11) is 0. The van der Waals surface area contributed by atoms with Crippen LogP contribution in [0.1, 0.15) is 10.4 Å². The van der Waals surface area contributed by atoms with E-state index in [1.165, 1.54) is 0 Å². The summed E-state index contributed by atoms with van der Waals surface area (Å²) in [6.45, 7) is 6.32. The molecule has 0 unspecified atom stereocenters. The van der Waals surface area contributed by atoms with E-state index in [0.717, 1.165) is 56.5 Å². The van der Waals surface area contributed by atoms with Gasteiger partial charge in [-0.1, -0.05) is 18.2 Å². The lowest BCUT2D eigenvalue weighted by Gasteiger charge is -2.33. The molecule has 0 saturated carbocycles. The lowest BCUT2D eigenvalue weighted by Crippen LogP contribution is -2.38. The first-order valence-electron chi connectivity index (χ1n) is 9.47. The molecule has 0 radical (unpaired) electrons. The highest BCUT2D eigenvalue weighted by atomic mass is 16.5. The zero-order valence-electron chi connectivity index (χ0n) is 15.4. The van der Waals surface area contributed by atoms with Gasteiger partial charge in [0.05, 0.1) is 37.8 Å². The highest BCUT2D eigenvalue weighted by Gasteiger charge is 2.19. The van der Waals surface area contributed by atoms with Crippen molar-refractivity contribution in [3.05, 3.63) is 54.1 Å². The molecule has 4 rings (SSSR count). The standard InChI is InChI=1S/C21H25N3O3/c25-21(17-4-2-1-3-5-17)22-19-7-6-18(23-8-12-26-13-9-23)16-20(19)24-10-14-27-15-11-24/h1-7,16H,8-15H2,(H,22,25). The van der Waals surface area contributed by atoms with Crippen LogP contribution in [0.2, 0.25) is 0 Å². The molecule has 2 aromatic rings. The van der Waals surface area contributed by atoms with Crippen molar-refractivity contribution in [1.29, 1.82) is 0 Å². The van der Waals surface area contributed by atoms with E-state index in [4.69, 9.17) is 9.47 Å². The van der Waals surface area contributed by atoms with E-state index in [9.17, 15) is 4.79 Å². The predicted octanol–water partition coefficient (Wildman–Crippen LogP) is 2.61. The molecule has 2 aromatic carbocycles. The minimum Gasteiger partial charge on any atom is -0.378 e. The van der Waals surface area contributed by atoms with E-state index < -0.39 is 0 Å². The molecular weight excluding hydrogens is 342 g/mol. The second-order valence-electron chi connectivity index (χ2n) is 6.72. The maximum absolute atomic E-state index is 12.7. The molecule has 27 heavy (non-hydrogen) atoms. The summed E-state index contributed by atoms with van der Waals surface area (Å²) < 4.78 is 11.0. The van der Waals surface area contributed by atoms with Gasteiger partial charge in [0.1, 0.15) is 0 Å². The maximum atomic E-state index is 12.7. The number of rotatable bonds is 4. The fourth-order valence-electron chi connectivity index (χ4n) is 3.49. The minimum absolute atomic E-state index is 0.0933. The van der Waals surface area contributed by atoms with Gasteiger partial charge in [-0.2, -0.15) is 0 Å². The van der Waals surface area contributed by atoms with Gasteiger partial charge in [0.25, 0.3) is 5.91 Å². The lowest BCUT2D eigenvalue weighted by molar-refractivity contribution is 0.102. The van der Waals surface area contributed by atoms with E-state index in [1.807, 2.05) is 36.4 Å². The van der Waals surface area contributed by atoms with Crippen molar-refractivity contribution >= 4 is 23.0 Å². The molecule has 1 amide bonds. The zero-order valence-corrected chi connectivity index (χ0v) is 15.4. The third-order valence-electron chi connectivity index (χ3n) is 4.99. The molecule has 0 bridgehead atoms. The van der Waals surface area contributed by atoms with Crippen molar-refractivity contribution in [3.63, 3.8) is 0 Å². The molecular formula is C21H25N3O3. The molecule has 2 heterocycles. The summed E-state index contributed by atoms with van der Waals surface area (Å²) in [5.74, 6) is -0.0933. The Morgan fingerprint density at radius 2 is 1.44 bits per heavy atom. The zero-order chi connectivity index (χ0) is 18.5. The minimum atomic E-state index is -0.0933. The maximum Gasteiger partial charge on any atom is 0.255 e. The van der Waals surface area contributed by atoms with Crippen LogP contribution < -0.4 is 15.1 Å². The number of amides is 1. The second kappa shape index (κ2) is 8.41. The van der Waals surface area contributed by atoms with Gasteiger partial charge < -0.3 is 24.6 Å². The average Bonchev–Trinajstić information content (AvgIpc) is 2.76. The van der Waals surface area contributed by atoms with Crippen molar-refractivity contribution in [2.24, 2.45) is 0 Å². The van der Waals surface area contributed by atoms with Crippen LogP contribution in [0.3, 0.4) is 0 Å². The molecule has 2 aliphatic rings. The second-order valence-corrected chi connectivity index (χ2v) is 6.72. The Kier molecular flexibility index (Phi) is 5.55. The SMILES string of the molecule is O=C(Nc1ccc(N2CCOCC2)cc1N1CCOCC1)c1ccccc1. The van der Waals surface area contributed by atoms with Crippen molar-refractivity contribution in [2.45, 2.75) is 0 Å². The van der Waals surface area contributed by atoms with Crippen molar-refractivity contribution in [3.8, 4) is 0 Å². The largest absolute Gasteiger partial charge is 0.378 e. The van der Waals surface area contributed by atoms with Crippen molar-refractivity contribution in [1.82, 2.24) is 0 Å². The Hall–Kier alpha value is -2.57. The van der Waals surface area contributed by atoms with E-state index in [-0.39, 0.29) is 5.91 Å². The topological polar surface area (TPSA) is 54.0 Å². The van der Waals surface area contributed by atoms with E-state index in [0.29, 0.717) is 18.8 Å². The number of nitrogens with zero attached hydrogens (tertiary/aromatic N) is 2. The summed E-state index contributed by atoms with van der Waals surface area (Å²) in [5.41, 5.74) is 3.70. The van der Waals surface area contributed by atoms with Crippen LogP contribution in [0.15, 0.2) is 48.5 Å². The monoisotopic (exact) mass is 367 g/mol. The summed E-state index contributed by atoms with van der Waals surface area (Å²) in [6, 6.07) is 15.6. The molecule has 6 nitrogen and oxygen atoms in total. The van der Waals surface area contributed by atoms with Crippen molar-refractivity contribution < 1.29 is 14.3 Å². The van der Waals surface area contributed by atoms with Crippen LogP contribution in [0, 0.1) is 0 Å². The van der Waals surface area contributed by atoms with E-state index in [2.05, 4.69) is 27.2 Å². The number of hydrogen-bond donors (Lipinski definition) is 1. The number of anilines is 3. The Balaban J connectivity index is 1.61. The first-order chi connectivity index (χ1) is 13.3. The molecule has 0 atom stereocenters. The van der Waals surface area contributed by atoms with Crippen LogP contribution in [0.5, 0.6) is 0 Å². The van der Waals surface area contributed by atoms with Gasteiger partial charge in [-0.25, -0.2) is 0 Å². The summed E-state index contributed by atoms with van der Waals surface area (Å²) >= 11 is 0. The number of morpholine rings is 2. The van der Waals surface area contributed by atoms with Gasteiger partial charge in [0.2, 0.25) is 0 Å². The average molecular weight is 367 g/mol. The number of carbonyl (C=O) groups excluding carboxylic acids is 1. The lowest BCUT2D eigenvalue weighted by atomic mass is 10.1. The number of hydrogen-bond acceptors (Lipinski definition) is 5. The highest BCUT2D eigenvalue weighted by molar-refractivity contribution is 6.06. The third-order valence-corrected chi connectivity index (χ3v) is 4.99. The molecule has 142 valence electrons. The first-order valence-corrected chi connectivity index (χ1v) is 9.47. The van der Waals surface area contributed by atoms with Crippen LogP contribution in [-0.2, 0) is 9.47 Å². The van der Waals surface area contributed by atoms with Gasteiger partial charge in [-0.3, -0.25) is 4.79 Å². The molecule has 0 aromatic heterocycles. The number of nitrogens with one attached hydrogen (secondary N) is 1. The number of benzene rings is 2. The van der Waals surface area contributed by atoms with Crippen LogP contribution in [0.25, 0.3) is 0 Å². The van der Waals surface area contributed by atoms with Gasteiger partial charge >= 0.3 is 0 Å². The molecule has 2 aliphatic heterocycles. The third kappa shape index (κ3) is 4.23. The normalized spacial score (nSPS) is 17.6. The molecule has 0 aliphatic carbocycles. The molecule has 2 fully saturated rings. The van der Waals surface area contributed by atoms with E-state index >= 15 is 0 Å². The Morgan fingerprint density at radius 3 is 2.11 bits per heavy atom. The van der Waals surface area contributed by atoms with Gasteiger partial charge in [0.15, 0.2) is 0 Å². The Labute approximate surface area is 159 Å². The molecule has 1 N–H and O–H groups in total. The predicted molar refractivity (Wildman–Crippen MR) is 107 cm³/mol. The smallest absolute Gasteiger partial charge is 0.255 e. The Morgan fingerprint density at radius 1 is 0.815 bits per heavy atom. The van der Waals surface area contributed by atoms with Crippen molar-refractivity contribution in [2.75, 3.05) is 67.7 Å². The van der Waals surface area contributed by atoms with Gasteiger partial charge in [-0.15, -0.1) is 0 Å². The molecule has 2 saturated heterocycles. The van der Waals surface area contributed by atoms with Crippen LogP contribution >= 0.6 is 0 Å². The molecule has 6 heteroatoms. The first kappa shape index (κ1) is 17.8. The number of carbonyl (C=O) groups is 1. The number of ether oxygens (including phenoxy) is 2. The van der Waals surface area contributed by atoms with Gasteiger partial charge in [0, 0.05) is 37.4 Å². The van der Waals surface area contributed by atoms with Crippen LogP contribution in [0.4, 0.5) is 17.1 Å². The van der Waals surface area contributed by atoms with Crippen LogP contribution in [-0.4, -0.2) is 58.5 Å². The van der Waals surface area contributed by atoms with Gasteiger partial charge in [-0.05, 0) is 30.3 Å². The Bertz CT molecular complexity index is 769.